The van der Waals surface area contributed by atoms with Crippen molar-refractivity contribution in [2.45, 2.75) is 27.2 Å². The van der Waals surface area contributed by atoms with E-state index >= 15 is 0 Å². The maximum absolute atomic E-state index is 11.9. The molecule has 0 bridgehead atoms. The average molecular weight is 278 g/mol. The molecule has 0 aliphatic carbocycles. The lowest BCUT2D eigenvalue weighted by Gasteiger charge is -2.06. The first-order valence-corrected chi connectivity index (χ1v) is 7.10. The molecule has 0 saturated heterocycles. The fraction of sp³-hybridized carbons (Fsp3) is 0.462. The van der Waals surface area contributed by atoms with Gasteiger partial charge in [0.15, 0.2) is 11.0 Å². The van der Waals surface area contributed by atoms with Crippen LogP contribution in [0.4, 0.5) is 5.13 Å². The third-order valence-corrected chi connectivity index (χ3v) is 4.18. The Hall–Kier alpha value is -1.69. The summed E-state index contributed by atoms with van der Waals surface area (Å²) < 4.78 is 1.95. The molecule has 102 valence electrons. The van der Waals surface area contributed by atoms with Crippen molar-refractivity contribution in [1.82, 2.24) is 14.5 Å². The summed E-state index contributed by atoms with van der Waals surface area (Å²) in [7, 11) is 1.94. The minimum Gasteiger partial charge on any atom is -0.333 e. The van der Waals surface area contributed by atoms with Gasteiger partial charge in [-0.05, 0) is 13.3 Å². The summed E-state index contributed by atoms with van der Waals surface area (Å²) in [5.41, 5.74) is 0.888. The minimum absolute atomic E-state index is 0.000757. The second kappa shape index (κ2) is 5.52. The summed E-state index contributed by atoms with van der Waals surface area (Å²) >= 11 is 1.46. The Morgan fingerprint density at radius 1 is 1.58 bits per heavy atom. The molecule has 6 heteroatoms. The number of hydrogen-bond acceptors (Lipinski definition) is 4. The normalized spacial score (nSPS) is 12.4. The van der Waals surface area contributed by atoms with E-state index in [1.165, 1.54) is 11.3 Å². The number of amides is 1. The van der Waals surface area contributed by atoms with Gasteiger partial charge in [0.25, 0.3) is 0 Å². The smallest absolute Gasteiger partial charge is 0.228 e. The number of aryl methyl sites for hydroxylation is 2. The van der Waals surface area contributed by atoms with Crippen molar-refractivity contribution >= 4 is 22.4 Å². The molecule has 1 atom stereocenters. The Labute approximate surface area is 116 Å². The predicted molar refractivity (Wildman–Crippen MR) is 77.1 cm³/mol. The van der Waals surface area contributed by atoms with Gasteiger partial charge in [0.05, 0.1) is 10.6 Å². The molecule has 19 heavy (non-hydrogen) atoms. The van der Waals surface area contributed by atoms with Crippen LogP contribution in [0.3, 0.4) is 0 Å². The van der Waals surface area contributed by atoms with Crippen molar-refractivity contribution in [2.24, 2.45) is 13.0 Å². The Morgan fingerprint density at radius 2 is 2.32 bits per heavy atom. The van der Waals surface area contributed by atoms with E-state index in [4.69, 9.17) is 0 Å². The topological polar surface area (TPSA) is 59.8 Å². The summed E-state index contributed by atoms with van der Waals surface area (Å²) in [6, 6.07) is 0. The number of nitrogens with one attached hydrogen (secondary N) is 1. The molecule has 0 spiro atoms. The predicted octanol–water partition coefficient (Wildman–Crippen LogP) is 2.84. The second-order valence-corrected chi connectivity index (χ2v) is 5.59. The first-order valence-electron chi connectivity index (χ1n) is 6.29. The quantitative estimate of drug-likeness (QED) is 0.935. The lowest BCUT2D eigenvalue weighted by molar-refractivity contribution is -0.119. The zero-order chi connectivity index (χ0) is 14.0. The monoisotopic (exact) mass is 278 g/mol. The average Bonchev–Trinajstić information content (AvgIpc) is 2.94. The first-order chi connectivity index (χ1) is 9.02. The zero-order valence-corrected chi connectivity index (χ0v) is 12.4. The second-order valence-electron chi connectivity index (χ2n) is 4.59. The van der Waals surface area contributed by atoms with Crippen LogP contribution < -0.4 is 5.32 Å². The van der Waals surface area contributed by atoms with Crippen molar-refractivity contribution in [3.63, 3.8) is 0 Å². The third kappa shape index (κ3) is 2.84. The van der Waals surface area contributed by atoms with Crippen LogP contribution in [0.25, 0.3) is 10.7 Å². The molecule has 2 heterocycles. The van der Waals surface area contributed by atoms with E-state index in [2.05, 4.69) is 15.3 Å². The molecule has 0 saturated carbocycles. The van der Waals surface area contributed by atoms with Gasteiger partial charge in [-0.15, -0.1) is 0 Å². The lowest BCUT2D eigenvalue weighted by atomic mass is 10.1. The summed E-state index contributed by atoms with van der Waals surface area (Å²) in [6.45, 7) is 5.84. The fourth-order valence-corrected chi connectivity index (χ4v) is 2.66. The number of aromatic nitrogens is 3. The van der Waals surface area contributed by atoms with Crippen LogP contribution in [0.2, 0.25) is 0 Å². The van der Waals surface area contributed by atoms with Crippen LogP contribution in [0.5, 0.6) is 0 Å². The molecule has 0 aliphatic heterocycles. The Balaban J connectivity index is 2.23. The Kier molecular flexibility index (Phi) is 3.99. The standard InChI is InChI=1S/C13H18N4OS/c1-5-8(2)12(18)16-13-15-9(3)10(19-13)11-14-6-7-17(11)4/h6-8H,5H2,1-4H3,(H,15,16,18). The first kappa shape index (κ1) is 13.7. The number of nitrogens with zero attached hydrogens (tertiary/aromatic N) is 3. The van der Waals surface area contributed by atoms with Gasteiger partial charge in [-0.2, -0.15) is 0 Å². The largest absolute Gasteiger partial charge is 0.333 e. The highest BCUT2D eigenvalue weighted by atomic mass is 32.1. The van der Waals surface area contributed by atoms with Crippen LogP contribution in [0, 0.1) is 12.8 Å². The van der Waals surface area contributed by atoms with Crippen molar-refractivity contribution < 1.29 is 4.79 Å². The van der Waals surface area contributed by atoms with E-state index in [0.717, 1.165) is 22.8 Å². The molecule has 0 fully saturated rings. The summed E-state index contributed by atoms with van der Waals surface area (Å²) in [4.78, 5) is 21.6. The van der Waals surface area contributed by atoms with E-state index in [9.17, 15) is 4.79 Å². The molecule has 0 aromatic carbocycles. The van der Waals surface area contributed by atoms with Crippen molar-refractivity contribution in [2.75, 3.05) is 5.32 Å². The van der Waals surface area contributed by atoms with Gasteiger partial charge in [-0.1, -0.05) is 25.2 Å². The van der Waals surface area contributed by atoms with E-state index in [1.807, 2.05) is 38.6 Å². The molecule has 1 unspecified atom stereocenters. The van der Waals surface area contributed by atoms with Crippen LogP contribution in [-0.4, -0.2) is 20.4 Å². The van der Waals surface area contributed by atoms with E-state index in [1.54, 1.807) is 6.20 Å². The molecule has 0 aliphatic rings. The van der Waals surface area contributed by atoms with Crippen molar-refractivity contribution in [3.05, 3.63) is 18.1 Å². The number of rotatable bonds is 4. The van der Waals surface area contributed by atoms with Gasteiger partial charge in [0, 0.05) is 25.4 Å². The summed E-state index contributed by atoms with van der Waals surface area (Å²) in [5, 5.41) is 3.51. The maximum Gasteiger partial charge on any atom is 0.228 e. The minimum atomic E-state index is 0.000757. The highest BCUT2D eigenvalue weighted by Crippen LogP contribution is 2.31. The van der Waals surface area contributed by atoms with Gasteiger partial charge >= 0.3 is 0 Å². The molecule has 2 aromatic heterocycles. The van der Waals surface area contributed by atoms with Gasteiger partial charge in [-0.3, -0.25) is 4.79 Å². The molecular formula is C13H18N4OS. The van der Waals surface area contributed by atoms with Crippen LogP contribution in [0.15, 0.2) is 12.4 Å². The Bertz CT molecular complexity index is 587. The van der Waals surface area contributed by atoms with Gasteiger partial charge in [-0.25, -0.2) is 9.97 Å². The molecule has 0 radical (unpaired) electrons. The highest BCUT2D eigenvalue weighted by Gasteiger charge is 2.16. The van der Waals surface area contributed by atoms with Gasteiger partial charge < -0.3 is 9.88 Å². The van der Waals surface area contributed by atoms with E-state index in [0.29, 0.717) is 5.13 Å². The molecule has 1 amide bonds. The molecule has 5 nitrogen and oxygen atoms in total. The molecular weight excluding hydrogens is 260 g/mol. The molecule has 2 rings (SSSR count). The summed E-state index contributed by atoms with van der Waals surface area (Å²) in [5.74, 6) is 0.891. The number of anilines is 1. The molecule has 1 N–H and O–H groups in total. The zero-order valence-electron chi connectivity index (χ0n) is 11.6. The number of thiazole rings is 1. The highest BCUT2D eigenvalue weighted by molar-refractivity contribution is 7.19. The van der Waals surface area contributed by atoms with Gasteiger partial charge in [0.1, 0.15) is 0 Å². The van der Waals surface area contributed by atoms with Crippen molar-refractivity contribution in [1.29, 1.82) is 0 Å². The summed E-state index contributed by atoms with van der Waals surface area (Å²) in [6.07, 6.45) is 4.47. The SMILES string of the molecule is CCC(C)C(=O)Nc1nc(C)c(-c2nccn2C)s1. The fourth-order valence-electron chi connectivity index (χ4n) is 1.66. The number of carbonyl (C=O) groups excluding carboxylic acids is 1. The number of carbonyl (C=O) groups is 1. The number of hydrogen-bond donors (Lipinski definition) is 1. The number of imidazole rings is 1. The Morgan fingerprint density at radius 3 is 2.89 bits per heavy atom. The lowest BCUT2D eigenvalue weighted by Crippen LogP contribution is -2.19. The maximum atomic E-state index is 11.9. The van der Waals surface area contributed by atoms with Crippen LogP contribution in [0.1, 0.15) is 26.0 Å². The van der Waals surface area contributed by atoms with Crippen molar-refractivity contribution in [3.8, 4) is 10.7 Å². The van der Waals surface area contributed by atoms with E-state index < -0.39 is 0 Å². The van der Waals surface area contributed by atoms with Crippen LogP contribution >= 0.6 is 11.3 Å². The van der Waals surface area contributed by atoms with Crippen LogP contribution in [-0.2, 0) is 11.8 Å². The molecule has 2 aromatic rings. The van der Waals surface area contributed by atoms with E-state index in [-0.39, 0.29) is 11.8 Å². The van der Waals surface area contributed by atoms with Gasteiger partial charge in [0.2, 0.25) is 5.91 Å². The third-order valence-electron chi connectivity index (χ3n) is 3.11.